The number of Topliss-reactive ketones (excluding diaryl/α,β-unsaturated/α-hetero) is 1. The van der Waals surface area contributed by atoms with Crippen LogP contribution in [-0.2, 0) is 14.3 Å². The van der Waals surface area contributed by atoms with Gasteiger partial charge >= 0.3 is 5.97 Å². The fourth-order valence-electron chi connectivity index (χ4n) is 7.71. The minimum absolute atomic E-state index is 0.0411. The number of esters is 1. The van der Waals surface area contributed by atoms with Gasteiger partial charge in [0.05, 0.1) is 6.10 Å². The molecule has 5 nitrogen and oxygen atoms in total. The van der Waals surface area contributed by atoms with Crippen LogP contribution < -0.4 is 0 Å². The molecule has 0 heterocycles. The molecule has 0 radical (unpaired) electrons. The van der Waals surface area contributed by atoms with Gasteiger partial charge in [-0.15, -0.1) is 0 Å². The summed E-state index contributed by atoms with van der Waals surface area (Å²) in [5, 5.41) is 21.0. The fourth-order valence-corrected chi connectivity index (χ4v) is 7.71. The molecule has 3 aliphatic rings. The van der Waals surface area contributed by atoms with Gasteiger partial charge in [-0.3, -0.25) is 9.59 Å². The summed E-state index contributed by atoms with van der Waals surface area (Å²) in [6.07, 6.45) is 9.14. The van der Waals surface area contributed by atoms with Gasteiger partial charge in [-0.1, -0.05) is 39.3 Å². The summed E-state index contributed by atoms with van der Waals surface area (Å²) >= 11 is 0. The molecule has 0 amide bonds. The molecular formula is C29H48O5. The van der Waals surface area contributed by atoms with Gasteiger partial charge in [-0.2, -0.15) is 0 Å². The Labute approximate surface area is 206 Å². The number of carbonyl (C=O) groups is 2. The molecule has 194 valence electrons. The molecule has 2 saturated carbocycles. The molecule has 3 rings (SSSR count). The van der Waals surface area contributed by atoms with Crippen LogP contribution in [0, 0.1) is 40.4 Å². The quantitative estimate of drug-likeness (QED) is 0.340. The lowest BCUT2D eigenvalue weighted by Gasteiger charge is -2.48. The number of hydrogen-bond donors (Lipinski definition) is 2. The second-order valence-electron chi connectivity index (χ2n) is 12.4. The second-order valence-corrected chi connectivity index (χ2v) is 12.4. The van der Waals surface area contributed by atoms with Crippen molar-refractivity contribution >= 4 is 11.8 Å². The third-order valence-corrected chi connectivity index (χ3v) is 9.85. The van der Waals surface area contributed by atoms with Crippen molar-refractivity contribution in [2.24, 2.45) is 40.4 Å². The van der Waals surface area contributed by atoms with Crippen LogP contribution in [0.4, 0.5) is 0 Å². The van der Waals surface area contributed by atoms with Crippen LogP contribution in [0.1, 0.15) is 99.3 Å². The number of ketones is 1. The van der Waals surface area contributed by atoms with Crippen molar-refractivity contribution in [3.63, 3.8) is 0 Å². The number of fused-ring (bicyclic) bond motifs is 1. The maximum absolute atomic E-state index is 14.0. The number of aliphatic hydroxyl groups excluding tert-OH is 2. The predicted octanol–water partition coefficient (Wildman–Crippen LogP) is 5.47. The normalized spacial score (nSPS) is 37.8. The summed E-state index contributed by atoms with van der Waals surface area (Å²) in [5.41, 5.74) is 0.506. The molecule has 2 N–H and O–H groups in total. The Hall–Kier alpha value is -1.20. The third-order valence-electron chi connectivity index (χ3n) is 9.85. The van der Waals surface area contributed by atoms with Crippen molar-refractivity contribution in [3.05, 3.63) is 11.6 Å². The summed E-state index contributed by atoms with van der Waals surface area (Å²) < 4.78 is 5.47. The van der Waals surface area contributed by atoms with Crippen LogP contribution >= 0.6 is 0 Å². The first-order chi connectivity index (χ1) is 15.9. The highest BCUT2D eigenvalue weighted by molar-refractivity contribution is 5.91. The highest BCUT2D eigenvalue weighted by Crippen LogP contribution is 2.59. The minimum atomic E-state index is -0.472. The fraction of sp³-hybridized carbons (Fsp3) is 0.862. The molecule has 34 heavy (non-hydrogen) atoms. The predicted molar refractivity (Wildman–Crippen MR) is 134 cm³/mol. The van der Waals surface area contributed by atoms with E-state index in [1.807, 2.05) is 0 Å². The molecule has 2 fully saturated rings. The molecule has 0 aromatic carbocycles. The summed E-state index contributed by atoms with van der Waals surface area (Å²) in [4.78, 5) is 25.5. The van der Waals surface area contributed by atoms with Gasteiger partial charge in [-0.25, -0.2) is 0 Å². The van der Waals surface area contributed by atoms with Crippen molar-refractivity contribution in [3.8, 4) is 0 Å². The Morgan fingerprint density at radius 2 is 1.88 bits per heavy atom. The molecule has 5 heteroatoms. The Bertz CT molecular complexity index is 772. The lowest BCUT2D eigenvalue weighted by Crippen LogP contribution is -2.48. The number of carbonyl (C=O) groups excluding carboxylic acids is 2. The maximum atomic E-state index is 14.0. The highest BCUT2D eigenvalue weighted by atomic mass is 16.5. The molecule has 0 spiro atoms. The van der Waals surface area contributed by atoms with Crippen LogP contribution in [0.15, 0.2) is 11.6 Å². The molecule has 0 aliphatic heterocycles. The third kappa shape index (κ3) is 5.31. The standard InChI is InChI=1S/C29H48O5/c1-18(2)7-12-26(32)19(3)24-10-11-25(29(24,6)15-16-30)23-9-8-21-17-22(34-20(4)31)13-14-28(21,5)27(23)33/h8,18-19,22-26,30,32H,7,9-17H2,1-6H3/t19-,22-,23-,24+,25-,26-,28-,29+/m0/s1. The summed E-state index contributed by atoms with van der Waals surface area (Å²) in [6.45, 7) is 12.5. The molecular weight excluding hydrogens is 428 g/mol. The average Bonchev–Trinajstić information content (AvgIpc) is 3.09. The van der Waals surface area contributed by atoms with Gasteiger partial charge in [0.15, 0.2) is 0 Å². The van der Waals surface area contributed by atoms with Crippen molar-refractivity contribution in [1.82, 2.24) is 0 Å². The number of hydrogen-bond acceptors (Lipinski definition) is 5. The number of rotatable bonds is 9. The second kappa shape index (κ2) is 10.8. The first-order valence-electron chi connectivity index (χ1n) is 13.6. The molecule has 0 aromatic heterocycles. The van der Waals surface area contributed by atoms with Gasteiger partial charge in [0, 0.05) is 31.3 Å². The van der Waals surface area contributed by atoms with Crippen molar-refractivity contribution in [1.29, 1.82) is 0 Å². The van der Waals surface area contributed by atoms with Crippen molar-refractivity contribution in [2.75, 3.05) is 6.61 Å². The molecule has 0 aromatic rings. The number of aliphatic hydroxyl groups is 2. The molecule has 8 atom stereocenters. The van der Waals surface area contributed by atoms with E-state index in [2.05, 4.69) is 40.7 Å². The average molecular weight is 477 g/mol. The number of allylic oxidation sites excluding steroid dienone is 1. The smallest absolute Gasteiger partial charge is 0.302 e. The van der Waals surface area contributed by atoms with Crippen LogP contribution in [0.25, 0.3) is 0 Å². The molecule has 3 aliphatic carbocycles. The lowest BCUT2D eigenvalue weighted by atomic mass is 9.55. The van der Waals surface area contributed by atoms with Crippen molar-refractivity contribution < 1.29 is 24.5 Å². The van der Waals surface area contributed by atoms with Gasteiger partial charge in [0.1, 0.15) is 11.9 Å². The SMILES string of the molecule is CC(=O)O[C@H]1CC[C@]2(C)C(=O)[C@H]([C@@H]3CC[C@H]([C@H](C)[C@@H](O)CCC(C)C)[C@@]3(C)CCO)CC=C2C1. The van der Waals surface area contributed by atoms with Crippen LogP contribution in [-0.4, -0.2) is 40.8 Å². The van der Waals surface area contributed by atoms with Gasteiger partial charge in [0.25, 0.3) is 0 Å². The van der Waals surface area contributed by atoms with E-state index in [1.165, 1.54) is 6.92 Å². The van der Waals surface area contributed by atoms with Crippen LogP contribution in [0.3, 0.4) is 0 Å². The summed E-state index contributed by atoms with van der Waals surface area (Å²) in [5.74, 6) is 1.29. The highest BCUT2D eigenvalue weighted by Gasteiger charge is 2.56. The Morgan fingerprint density at radius 1 is 1.18 bits per heavy atom. The monoisotopic (exact) mass is 476 g/mol. The molecule has 0 bridgehead atoms. The summed E-state index contributed by atoms with van der Waals surface area (Å²) in [6, 6.07) is 0. The zero-order valence-corrected chi connectivity index (χ0v) is 22.3. The topological polar surface area (TPSA) is 83.8 Å². The van der Waals surface area contributed by atoms with E-state index >= 15 is 0 Å². The maximum Gasteiger partial charge on any atom is 0.302 e. The van der Waals surface area contributed by atoms with E-state index in [1.54, 1.807) is 0 Å². The van der Waals surface area contributed by atoms with Gasteiger partial charge in [0.2, 0.25) is 0 Å². The van der Waals surface area contributed by atoms with E-state index < -0.39 is 5.41 Å². The van der Waals surface area contributed by atoms with E-state index in [4.69, 9.17) is 4.74 Å². The van der Waals surface area contributed by atoms with Crippen LogP contribution in [0.5, 0.6) is 0 Å². The minimum Gasteiger partial charge on any atom is -0.462 e. The first-order valence-corrected chi connectivity index (χ1v) is 13.6. The van der Waals surface area contributed by atoms with Crippen LogP contribution in [0.2, 0.25) is 0 Å². The van der Waals surface area contributed by atoms with E-state index in [0.717, 1.165) is 50.5 Å². The molecule has 0 saturated heterocycles. The Balaban J connectivity index is 1.80. The van der Waals surface area contributed by atoms with Gasteiger partial charge in [-0.05, 0) is 87.4 Å². The van der Waals surface area contributed by atoms with E-state index in [-0.39, 0.29) is 48.0 Å². The lowest BCUT2D eigenvalue weighted by molar-refractivity contribution is -0.148. The first kappa shape index (κ1) is 27.4. The Morgan fingerprint density at radius 3 is 2.50 bits per heavy atom. The van der Waals surface area contributed by atoms with E-state index in [9.17, 15) is 19.8 Å². The number of ether oxygens (including phenoxy) is 1. The zero-order chi connectivity index (χ0) is 25.3. The van der Waals surface area contributed by atoms with Crippen molar-refractivity contribution in [2.45, 2.75) is 112 Å². The largest absolute Gasteiger partial charge is 0.462 e. The summed E-state index contributed by atoms with van der Waals surface area (Å²) in [7, 11) is 0. The Kier molecular flexibility index (Phi) is 8.72. The zero-order valence-electron chi connectivity index (χ0n) is 22.3. The van der Waals surface area contributed by atoms with E-state index in [0.29, 0.717) is 30.5 Å². The molecule has 0 unspecified atom stereocenters. The van der Waals surface area contributed by atoms with Gasteiger partial charge < -0.3 is 14.9 Å².